The zero-order valence-electron chi connectivity index (χ0n) is 8.21. The molecule has 0 aliphatic heterocycles. The number of nitro benzene ring substituents is 1. The molecule has 1 atom stereocenters. The van der Waals surface area contributed by atoms with E-state index in [-0.39, 0.29) is 5.69 Å². The molecule has 0 aliphatic rings. The first-order valence-electron chi connectivity index (χ1n) is 4.23. The molecule has 0 aromatic heterocycles. The molecule has 5 heteroatoms. The SMILES string of the molecule is C=CC(O)c1cc([N+](=O)[O-])ccc1OC. The van der Waals surface area contributed by atoms with Gasteiger partial charge in [-0.1, -0.05) is 6.08 Å². The lowest BCUT2D eigenvalue weighted by molar-refractivity contribution is -0.385. The van der Waals surface area contributed by atoms with Crippen molar-refractivity contribution >= 4 is 5.69 Å². The molecule has 0 saturated carbocycles. The van der Waals surface area contributed by atoms with Gasteiger partial charge in [0.05, 0.1) is 12.0 Å². The molecule has 0 fully saturated rings. The van der Waals surface area contributed by atoms with Crippen LogP contribution in [-0.2, 0) is 0 Å². The van der Waals surface area contributed by atoms with E-state index in [1.165, 1.54) is 31.4 Å². The predicted molar refractivity (Wildman–Crippen MR) is 54.8 cm³/mol. The largest absolute Gasteiger partial charge is 0.496 e. The fourth-order valence-corrected chi connectivity index (χ4v) is 1.19. The quantitative estimate of drug-likeness (QED) is 0.466. The second kappa shape index (κ2) is 4.56. The van der Waals surface area contributed by atoms with Crippen molar-refractivity contribution in [2.24, 2.45) is 0 Å². The van der Waals surface area contributed by atoms with Crippen LogP contribution in [0.2, 0.25) is 0 Å². The fraction of sp³-hybridized carbons (Fsp3) is 0.200. The first-order valence-corrected chi connectivity index (χ1v) is 4.23. The van der Waals surface area contributed by atoms with Crippen molar-refractivity contribution < 1.29 is 14.8 Å². The molecule has 0 amide bonds. The molecule has 0 spiro atoms. The van der Waals surface area contributed by atoms with Crippen LogP contribution in [0.4, 0.5) is 5.69 Å². The Morgan fingerprint density at radius 1 is 1.67 bits per heavy atom. The van der Waals surface area contributed by atoms with E-state index >= 15 is 0 Å². The summed E-state index contributed by atoms with van der Waals surface area (Å²) < 4.78 is 4.97. The lowest BCUT2D eigenvalue weighted by Gasteiger charge is -2.10. The maximum Gasteiger partial charge on any atom is 0.270 e. The van der Waals surface area contributed by atoms with Crippen molar-refractivity contribution in [2.45, 2.75) is 6.10 Å². The summed E-state index contributed by atoms with van der Waals surface area (Å²) >= 11 is 0. The van der Waals surface area contributed by atoms with Gasteiger partial charge in [-0.3, -0.25) is 10.1 Å². The van der Waals surface area contributed by atoms with Crippen LogP contribution in [-0.4, -0.2) is 17.1 Å². The second-order valence-electron chi connectivity index (χ2n) is 2.86. The highest BCUT2D eigenvalue weighted by Gasteiger charge is 2.15. The first kappa shape index (κ1) is 11.2. The van der Waals surface area contributed by atoms with Crippen LogP contribution in [0.25, 0.3) is 0 Å². The summed E-state index contributed by atoms with van der Waals surface area (Å²) in [6, 6.07) is 4.03. The third-order valence-corrected chi connectivity index (χ3v) is 1.97. The maximum atomic E-state index is 10.5. The molecule has 0 saturated heterocycles. The first-order chi connectivity index (χ1) is 7.10. The van der Waals surface area contributed by atoms with Crippen LogP contribution < -0.4 is 4.74 Å². The minimum Gasteiger partial charge on any atom is -0.496 e. The Bertz CT molecular complexity index is 389. The van der Waals surface area contributed by atoms with Crippen molar-refractivity contribution in [1.29, 1.82) is 0 Å². The smallest absolute Gasteiger partial charge is 0.270 e. The van der Waals surface area contributed by atoms with Crippen LogP contribution >= 0.6 is 0 Å². The molecule has 1 aromatic carbocycles. The van der Waals surface area contributed by atoms with Gasteiger partial charge in [-0.05, 0) is 6.07 Å². The average Bonchev–Trinajstić information content (AvgIpc) is 2.27. The number of hydrogen-bond acceptors (Lipinski definition) is 4. The molecule has 0 aliphatic carbocycles. The topological polar surface area (TPSA) is 72.6 Å². The van der Waals surface area contributed by atoms with E-state index in [2.05, 4.69) is 6.58 Å². The number of non-ortho nitro benzene ring substituents is 1. The van der Waals surface area contributed by atoms with Gasteiger partial charge >= 0.3 is 0 Å². The van der Waals surface area contributed by atoms with Crippen molar-refractivity contribution in [3.8, 4) is 5.75 Å². The number of nitro groups is 1. The van der Waals surface area contributed by atoms with E-state index in [0.717, 1.165) is 0 Å². The van der Waals surface area contributed by atoms with E-state index in [4.69, 9.17) is 4.74 Å². The van der Waals surface area contributed by atoms with Gasteiger partial charge < -0.3 is 9.84 Å². The Hall–Kier alpha value is -1.88. The average molecular weight is 209 g/mol. The Morgan fingerprint density at radius 2 is 2.33 bits per heavy atom. The highest BCUT2D eigenvalue weighted by Crippen LogP contribution is 2.29. The number of aliphatic hydroxyl groups excluding tert-OH is 1. The molecule has 1 rings (SSSR count). The van der Waals surface area contributed by atoms with Crippen LogP contribution in [0.5, 0.6) is 5.75 Å². The summed E-state index contributed by atoms with van der Waals surface area (Å²) in [6.45, 7) is 3.41. The predicted octanol–water partition coefficient (Wildman–Crippen LogP) is 1.82. The zero-order chi connectivity index (χ0) is 11.4. The van der Waals surface area contributed by atoms with E-state index in [1.807, 2.05) is 0 Å². The Kier molecular flexibility index (Phi) is 3.41. The van der Waals surface area contributed by atoms with Gasteiger partial charge in [0.1, 0.15) is 11.9 Å². The molecule has 15 heavy (non-hydrogen) atoms. The highest BCUT2D eigenvalue weighted by molar-refractivity contribution is 5.45. The number of methoxy groups -OCH3 is 1. The number of rotatable bonds is 4. The third-order valence-electron chi connectivity index (χ3n) is 1.97. The van der Waals surface area contributed by atoms with Crippen LogP contribution in [0, 0.1) is 10.1 Å². The third kappa shape index (κ3) is 2.32. The summed E-state index contributed by atoms with van der Waals surface area (Å²) in [7, 11) is 1.43. The van der Waals surface area contributed by atoms with Crippen LogP contribution in [0.1, 0.15) is 11.7 Å². The molecule has 1 N–H and O–H groups in total. The van der Waals surface area contributed by atoms with Gasteiger partial charge in [0.15, 0.2) is 0 Å². The monoisotopic (exact) mass is 209 g/mol. The van der Waals surface area contributed by atoms with Gasteiger partial charge in [0.25, 0.3) is 5.69 Å². The number of nitrogens with zero attached hydrogens (tertiary/aromatic N) is 1. The van der Waals surface area contributed by atoms with Gasteiger partial charge in [0.2, 0.25) is 0 Å². The molecule has 5 nitrogen and oxygen atoms in total. The number of benzene rings is 1. The summed E-state index contributed by atoms with van der Waals surface area (Å²) in [5.41, 5.74) is 0.244. The van der Waals surface area contributed by atoms with Gasteiger partial charge in [-0.15, -0.1) is 6.58 Å². The van der Waals surface area contributed by atoms with E-state index in [9.17, 15) is 15.2 Å². The Balaban J connectivity index is 3.24. The molecular formula is C10H11NO4. The van der Waals surface area contributed by atoms with Crippen molar-refractivity contribution in [3.63, 3.8) is 0 Å². The summed E-state index contributed by atoms with van der Waals surface area (Å²) in [6.07, 6.45) is 0.307. The Labute approximate surface area is 86.8 Å². The standard InChI is InChI=1S/C10H11NO4/c1-3-9(12)8-6-7(11(13)14)4-5-10(8)15-2/h3-6,9,12H,1H2,2H3. The molecule has 0 radical (unpaired) electrons. The van der Waals surface area contributed by atoms with E-state index in [1.54, 1.807) is 0 Å². The molecule has 0 bridgehead atoms. The van der Waals surface area contributed by atoms with E-state index < -0.39 is 11.0 Å². The minimum atomic E-state index is -0.972. The number of hydrogen-bond donors (Lipinski definition) is 1. The highest BCUT2D eigenvalue weighted by atomic mass is 16.6. The van der Waals surface area contributed by atoms with Gasteiger partial charge in [-0.25, -0.2) is 0 Å². The fourth-order valence-electron chi connectivity index (χ4n) is 1.19. The maximum absolute atomic E-state index is 10.5. The van der Waals surface area contributed by atoms with Crippen molar-refractivity contribution in [2.75, 3.05) is 7.11 Å². The Morgan fingerprint density at radius 3 is 2.80 bits per heavy atom. The van der Waals surface area contributed by atoms with Crippen molar-refractivity contribution in [1.82, 2.24) is 0 Å². The minimum absolute atomic E-state index is 0.0910. The molecule has 0 heterocycles. The lowest BCUT2D eigenvalue weighted by Crippen LogP contribution is -1.99. The summed E-state index contributed by atoms with van der Waals surface area (Å²) in [4.78, 5) is 9.99. The van der Waals surface area contributed by atoms with Crippen LogP contribution in [0.3, 0.4) is 0 Å². The lowest BCUT2D eigenvalue weighted by atomic mass is 10.1. The van der Waals surface area contributed by atoms with E-state index in [0.29, 0.717) is 11.3 Å². The zero-order valence-corrected chi connectivity index (χ0v) is 8.21. The van der Waals surface area contributed by atoms with Crippen LogP contribution in [0.15, 0.2) is 30.9 Å². The second-order valence-corrected chi connectivity index (χ2v) is 2.86. The number of aliphatic hydroxyl groups is 1. The van der Waals surface area contributed by atoms with Crippen molar-refractivity contribution in [3.05, 3.63) is 46.5 Å². The molecule has 80 valence electrons. The molecular weight excluding hydrogens is 198 g/mol. The summed E-state index contributed by atoms with van der Waals surface area (Å²) in [5.74, 6) is 0.396. The molecule has 1 aromatic rings. The van der Waals surface area contributed by atoms with Gasteiger partial charge in [0, 0.05) is 17.7 Å². The van der Waals surface area contributed by atoms with Gasteiger partial charge in [-0.2, -0.15) is 0 Å². The molecule has 1 unspecified atom stereocenters. The number of ether oxygens (including phenoxy) is 1. The normalized spacial score (nSPS) is 11.9. The summed E-state index contributed by atoms with van der Waals surface area (Å²) in [5, 5.41) is 20.0.